The van der Waals surface area contributed by atoms with Gasteiger partial charge in [-0.05, 0) is 34.8 Å². The van der Waals surface area contributed by atoms with Gasteiger partial charge in [-0.25, -0.2) is 0 Å². The van der Waals surface area contributed by atoms with E-state index < -0.39 is 14.5 Å². The van der Waals surface area contributed by atoms with Crippen LogP contribution in [0.5, 0.6) is 0 Å². The fourth-order valence-electron chi connectivity index (χ4n) is 5.46. The summed E-state index contributed by atoms with van der Waals surface area (Å²) in [6.07, 6.45) is 1.49. The van der Waals surface area contributed by atoms with Gasteiger partial charge in [0.05, 0.1) is 18.4 Å². The van der Waals surface area contributed by atoms with Crippen LogP contribution in [0.15, 0.2) is 97.6 Å². The van der Waals surface area contributed by atoms with Crippen LogP contribution in [0.3, 0.4) is 0 Å². The Morgan fingerprint density at radius 3 is 2.08 bits per heavy atom. The van der Waals surface area contributed by atoms with Gasteiger partial charge < -0.3 is 9.16 Å². The molecule has 0 saturated heterocycles. The van der Waals surface area contributed by atoms with Crippen LogP contribution in [0, 0.1) is 5.92 Å². The second kappa shape index (κ2) is 11.2. The Kier molecular flexibility index (Phi) is 8.17. The number of hydrogen-bond acceptors (Lipinski definition) is 3. The zero-order valence-corrected chi connectivity index (χ0v) is 23.7. The predicted molar refractivity (Wildman–Crippen MR) is 155 cm³/mol. The van der Waals surface area contributed by atoms with Gasteiger partial charge >= 0.3 is 0 Å². The van der Waals surface area contributed by atoms with E-state index in [4.69, 9.17) is 9.16 Å². The van der Waals surface area contributed by atoms with Crippen molar-refractivity contribution in [2.75, 3.05) is 4.90 Å². The van der Waals surface area contributed by atoms with E-state index in [9.17, 15) is 4.79 Å². The van der Waals surface area contributed by atoms with Crippen molar-refractivity contribution in [3.63, 3.8) is 0 Å². The number of nitrogens with zero attached hydrogens (tertiary/aromatic N) is 1. The highest BCUT2D eigenvalue weighted by molar-refractivity contribution is 6.99. The van der Waals surface area contributed by atoms with Gasteiger partial charge in [-0.1, -0.05) is 113 Å². The number of carbonyl (C=O) groups is 1. The second-order valence-electron chi connectivity index (χ2n) is 11.0. The van der Waals surface area contributed by atoms with Crippen LogP contribution in [0.4, 0.5) is 5.69 Å². The summed E-state index contributed by atoms with van der Waals surface area (Å²) in [5, 5.41) is 2.23. The Labute approximate surface area is 223 Å². The number of allylic oxidation sites excluding steroid dienone is 1. The Morgan fingerprint density at radius 2 is 1.54 bits per heavy atom. The van der Waals surface area contributed by atoms with Gasteiger partial charge in [-0.15, -0.1) is 6.58 Å². The summed E-state index contributed by atoms with van der Waals surface area (Å²) in [6, 6.07) is 29.2. The highest BCUT2D eigenvalue weighted by Crippen LogP contribution is 2.40. The van der Waals surface area contributed by atoms with Crippen LogP contribution in [0.1, 0.15) is 46.6 Å². The molecule has 0 fully saturated rings. The third-order valence-corrected chi connectivity index (χ3v) is 12.4. The average Bonchev–Trinajstić information content (AvgIpc) is 2.91. The van der Waals surface area contributed by atoms with E-state index in [1.807, 2.05) is 48.2 Å². The quantitative estimate of drug-likeness (QED) is 0.272. The molecule has 0 spiro atoms. The summed E-state index contributed by atoms with van der Waals surface area (Å²) in [7, 11) is -2.83. The van der Waals surface area contributed by atoms with Crippen molar-refractivity contribution in [2.24, 2.45) is 5.92 Å². The first-order valence-corrected chi connectivity index (χ1v) is 15.0. The van der Waals surface area contributed by atoms with Crippen LogP contribution >= 0.6 is 0 Å². The molecule has 1 aliphatic heterocycles. The summed E-state index contributed by atoms with van der Waals surface area (Å²) in [4.78, 5) is 15.7. The number of para-hydroxylation sites is 1. The lowest BCUT2D eigenvalue weighted by molar-refractivity contribution is -0.128. The zero-order chi connectivity index (χ0) is 26.6. The number of amides is 1. The van der Waals surface area contributed by atoms with Gasteiger partial charge in [-0.2, -0.15) is 0 Å². The van der Waals surface area contributed by atoms with Gasteiger partial charge in [-0.3, -0.25) is 9.69 Å². The molecule has 1 heterocycles. The fraction of sp³-hybridized carbons (Fsp3) is 0.344. The second-order valence-corrected chi connectivity index (χ2v) is 15.2. The molecule has 0 bridgehead atoms. The lowest BCUT2D eigenvalue weighted by Gasteiger charge is -2.48. The van der Waals surface area contributed by atoms with Gasteiger partial charge in [0.15, 0.2) is 6.23 Å². The van der Waals surface area contributed by atoms with Crippen molar-refractivity contribution in [1.29, 1.82) is 0 Å². The van der Waals surface area contributed by atoms with Crippen molar-refractivity contribution < 1.29 is 14.0 Å². The lowest BCUT2D eigenvalue weighted by Crippen LogP contribution is -2.69. The third-order valence-electron chi connectivity index (χ3n) is 7.28. The van der Waals surface area contributed by atoms with Crippen LogP contribution in [-0.4, -0.2) is 26.6 Å². The van der Waals surface area contributed by atoms with Crippen molar-refractivity contribution in [1.82, 2.24) is 0 Å². The van der Waals surface area contributed by atoms with E-state index >= 15 is 0 Å². The minimum atomic E-state index is -2.83. The molecule has 0 radical (unpaired) electrons. The fourth-order valence-corrected chi connectivity index (χ4v) is 10.1. The average molecular weight is 514 g/mol. The normalized spacial score (nSPS) is 17.5. The van der Waals surface area contributed by atoms with E-state index in [-0.39, 0.29) is 23.0 Å². The molecule has 37 heavy (non-hydrogen) atoms. The molecule has 194 valence electrons. The molecule has 4 nitrogen and oxygen atoms in total. The predicted octanol–water partition coefficient (Wildman–Crippen LogP) is 6.05. The first kappa shape index (κ1) is 27.1. The standard InChI is InChI=1S/C32H39NO3Si/c1-7-16-24(2)30(34)33-29-22-15-14-17-26(29)23-35-31(33)25(3)36-37(32(4,5)6,27-18-10-8-11-19-27)28-20-12-9-13-21-28/h7-15,17-22,24-25,31H,1,16,23H2,2-6H3/t24-,25-,31+/m0/s1. The van der Waals surface area contributed by atoms with Crippen LogP contribution < -0.4 is 15.3 Å². The number of fused-ring (bicyclic) bond motifs is 1. The number of benzene rings is 3. The number of anilines is 1. The Morgan fingerprint density at radius 1 is 1.00 bits per heavy atom. The first-order valence-electron chi connectivity index (χ1n) is 13.1. The molecule has 0 aromatic heterocycles. The molecule has 3 atom stereocenters. The Bertz CT molecular complexity index is 1170. The molecular formula is C32H39NO3Si. The maximum Gasteiger partial charge on any atom is 0.261 e. The van der Waals surface area contributed by atoms with E-state index in [0.717, 1.165) is 11.3 Å². The van der Waals surface area contributed by atoms with E-state index in [2.05, 4.69) is 82.8 Å². The van der Waals surface area contributed by atoms with Gasteiger partial charge in [0.2, 0.25) is 5.91 Å². The monoisotopic (exact) mass is 513 g/mol. The van der Waals surface area contributed by atoms with Crippen molar-refractivity contribution in [3.05, 3.63) is 103 Å². The SMILES string of the molecule is C=CC[C@H](C)C(=O)N1c2ccccc2CO[C@@H]1[C@H](C)O[Si](c1ccccc1)(c1ccccc1)C(C)(C)C. The zero-order valence-electron chi connectivity index (χ0n) is 22.7. The van der Waals surface area contributed by atoms with E-state index in [1.165, 1.54) is 10.4 Å². The van der Waals surface area contributed by atoms with E-state index in [1.54, 1.807) is 6.08 Å². The maximum atomic E-state index is 13.8. The summed E-state index contributed by atoms with van der Waals surface area (Å²) in [5.41, 5.74) is 1.91. The molecule has 0 unspecified atom stereocenters. The first-order chi connectivity index (χ1) is 17.7. The molecule has 0 saturated carbocycles. The minimum absolute atomic E-state index is 0.0231. The maximum absolute atomic E-state index is 13.8. The smallest absolute Gasteiger partial charge is 0.261 e. The summed E-state index contributed by atoms with van der Waals surface area (Å²) < 4.78 is 13.8. The van der Waals surface area contributed by atoms with Crippen molar-refractivity contribution in [3.8, 4) is 0 Å². The highest BCUT2D eigenvalue weighted by atomic mass is 28.4. The molecule has 1 aliphatic rings. The van der Waals surface area contributed by atoms with Gasteiger partial charge in [0.25, 0.3) is 8.32 Å². The van der Waals surface area contributed by atoms with Gasteiger partial charge in [0, 0.05) is 11.5 Å². The number of rotatable bonds is 8. The highest BCUT2D eigenvalue weighted by Gasteiger charge is 2.52. The van der Waals surface area contributed by atoms with E-state index in [0.29, 0.717) is 13.0 Å². The molecular weight excluding hydrogens is 474 g/mol. The summed E-state index contributed by atoms with van der Waals surface area (Å²) >= 11 is 0. The topological polar surface area (TPSA) is 38.8 Å². The van der Waals surface area contributed by atoms with Crippen LogP contribution in [-0.2, 0) is 20.6 Å². The van der Waals surface area contributed by atoms with Gasteiger partial charge in [0.1, 0.15) is 0 Å². The summed E-state index contributed by atoms with van der Waals surface area (Å²) in [5.74, 6) is -0.190. The molecule has 0 aliphatic carbocycles. The molecule has 1 amide bonds. The Hall–Kier alpha value is -2.99. The minimum Gasteiger partial charge on any atom is -0.400 e. The molecule has 3 aromatic rings. The van der Waals surface area contributed by atoms with Crippen molar-refractivity contribution >= 4 is 30.3 Å². The summed E-state index contributed by atoms with van der Waals surface area (Å²) in [6.45, 7) is 15.1. The van der Waals surface area contributed by atoms with Crippen molar-refractivity contribution in [2.45, 2.75) is 65.0 Å². The third kappa shape index (κ3) is 5.22. The van der Waals surface area contributed by atoms with Crippen LogP contribution in [0.2, 0.25) is 5.04 Å². The number of ether oxygens (including phenoxy) is 1. The lowest BCUT2D eigenvalue weighted by atomic mass is 10.0. The molecule has 3 aromatic carbocycles. The molecule has 0 N–H and O–H groups in total. The number of hydrogen-bond donors (Lipinski definition) is 0. The van der Waals surface area contributed by atoms with Crippen LogP contribution in [0.25, 0.3) is 0 Å². The molecule has 4 rings (SSSR count). The Balaban J connectivity index is 1.81. The largest absolute Gasteiger partial charge is 0.400 e. The molecule has 5 heteroatoms. The number of carbonyl (C=O) groups excluding carboxylic acids is 1.